The Kier molecular flexibility index (Phi) is 7.54. The van der Waals surface area contributed by atoms with Gasteiger partial charge in [0, 0.05) is 11.6 Å². The monoisotopic (exact) mass is 333 g/mol. The first kappa shape index (κ1) is 16.6. The lowest BCUT2D eigenvalue weighted by atomic mass is 9.99. The molecule has 0 aliphatic rings. The van der Waals surface area contributed by atoms with E-state index in [1.54, 1.807) is 0 Å². The third-order valence-electron chi connectivity index (χ3n) is 3.21. The third kappa shape index (κ3) is 5.19. The summed E-state index contributed by atoms with van der Waals surface area (Å²) in [7, 11) is 0. The van der Waals surface area contributed by atoms with Crippen LogP contribution in [0.3, 0.4) is 0 Å². The fourth-order valence-corrected chi connectivity index (χ4v) is 2.51. The summed E-state index contributed by atoms with van der Waals surface area (Å²) >= 11 is 3.01. The van der Waals surface area contributed by atoms with Gasteiger partial charge in [0.1, 0.15) is 11.6 Å². The van der Waals surface area contributed by atoms with Crippen LogP contribution in [0.25, 0.3) is 0 Å². The molecule has 4 heteroatoms. The molecule has 0 amide bonds. The second kappa shape index (κ2) is 8.64. The van der Waals surface area contributed by atoms with Gasteiger partial charge in [-0.25, -0.2) is 8.78 Å². The number of hydrogen-bond acceptors (Lipinski definition) is 1. The maximum atomic E-state index is 13.9. The van der Waals surface area contributed by atoms with Gasteiger partial charge in [-0.05, 0) is 41.0 Å². The van der Waals surface area contributed by atoms with Gasteiger partial charge < -0.3 is 5.32 Å². The summed E-state index contributed by atoms with van der Waals surface area (Å²) in [5.41, 5.74) is 0.430. The van der Waals surface area contributed by atoms with Crippen molar-refractivity contribution < 1.29 is 8.78 Å². The fraction of sp³-hybridized carbons (Fsp3) is 0.600. The van der Waals surface area contributed by atoms with E-state index in [1.165, 1.54) is 25.0 Å². The minimum atomic E-state index is -0.409. The molecular weight excluding hydrogens is 312 g/mol. The first-order valence-corrected chi connectivity index (χ1v) is 7.77. The van der Waals surface area contributed by atoms with Crippen LogP contribution in [0.4, 0.5) is 8.78 Å². The van der Waals surface area contributed by atoms with Crippen LogP contribution in [0.5, 0.6) is 0 Å². The van der Waals surface area contributed by atoms with Crippen molar-refractivity contribution in [2.24, 2.45) is 0 Å². The molecule has 1 nitrogen and oxygen atoms in total. The van der Waals surface area contributed by atoms with Gasteiger partial charge in [0.05, 0.1) is 4.47 Å². The van der Waals surface area contributed by atoms with E-state index in [2.05, 4.69) is 28.2 Å². The molecule has 1 aromatic carbocycles. The van der Waals surface area contributed by atoms with Crippen molar-refractivity contribution in [1.29, 1.82) is 0 Å². The summed E-state index contributed by atoms with van der Waals surface area (Å²) in [6.07, 6.45) is 5.37. The zero-order chi connectivity index (χ0) is 14.3. The predicted octanol–water partition coefficient (Wildman–Crippen LogP) is 5.35. The quantitative estimate of drug-likeness (QED) is 0.499. The van der Waals surface area contributed by atoms with Crippen molar-refractivity contribution >= 4 is 15.9 Å². The molecule has 19 heavy (non-hydrogen) atoms. The lowest BCUT2D eigenvalue weighted by Crippen LogP contribution is -2.22. The Balaban J connectivity index is 2.77. The Labute approximate surface area is 122 Å². The number of benzene rings is 1. The molecule has 0 saturated carbocycles. The number of unbranched alkanes of at least 4 members (excludes halogenated alkanes) is 3. The van der Waals surface area contributed by atoms with Crippen LogP contribution in [-0.2, 0) is 0 Å². The Bertz CT molecular complexity index is 396. The van der Waals surface area contributed by atoms with Gasteiger partial charge in [-0.2, -0.15) is 0 Å². The molecule has 0 fully saturated rings. The molecule has 0 aromatic heterocycles. The van der Waals surface area contributed by atoms with Gasteiger partial charge in [-0.15, -0.1) is 0 Å². The molecule has 1 aromatic rings. The summed E-state index contributed by atoms with van der Waals surface area (Å²) in [5.74, 6) is -0.762. The van der Waals surface area contributed by atoms with Crippen LogP contribution in [0.1, 0.15) is 57.6 Å². The molecule has 108 valence electrons. The van der Waals surface area contributed by atoms with E-state index in [-0.39, 0.29) is 16.3 Å². The summed E-state index contributed by atoms with van der Waals surface area (Å²) < 4.78 is 27.7. The number of halogens is 3. The molecule has 0 spiro atoms. The zero-order valence-electron chi connectivity index (χ0n) is 11.6. The molecular formula is C15H22BrF2N. The van der Waals surface area contributed by atoms with Gasteiger partial charge in [0.15, 0.2) is 0 Å². The lowest BCUT2D eigenvalue weighted by Gasteiger charge is -2.19. The molecule has 1 N–H and O–H groups in total. The van der Waals surface area contributed by atoms with Crippen molar-refractivity contribution in [3.63, 3.8) is 0 Å². The standard InChI is InChI=1S/C15H22BrF2N/c1-3-5-6-7-8-15(19-4-2)11-9-14(18)12(16)10-13(11)17/h9-10,15,19H,3-8H2,1-2H3. The Morgan fingerprint density at radius 3 is 2.47 bits per heavy atom. The summed E-state index contributed by atoms with van der Waals surface area (Å²) in [4.78, 5) is 0. The molecule has 0 heterocycles. The molecule has 0 aliphatic heterocycles. The van der Waals surface area contributed by atoms with Gasteiger partial charge in [-0.3, -0.25) is 0 Å². The predicted molar refractivity (Wildman–Crippen MR) is 79.2 cm³/mol. The van der Waals surface area contributed by atoms with E-state index < -0.39 is 5.82 Å². The summed E-state index contributed by atoms with van der Waals surface area (Å²) in [6.45, 7) is 4.88. The largest absolute Gasteiger partial charge is 0.310 e. The first-order valence-electron chi connectivity index (χ1n) is 6.98. The number of rotatable bonds is 8. The molecule has 0 radical (unpaired) electrons. The van der Waals surface area contributed by atoms with Crippen LogP contribution in [0, 0.1) is 11.6 Å². The molecule has 0 bridgehead atoms. The molecule has 0 saturated heterocycles. The van der Waals surface area contributed by atoms with Gasteiger partial charge >= 0.3 is 0 Å². The van der Waals surface area contributed by atoms with E-state index in [9.17, 15) is 8.78 Å². The van der Waals surface area contributed by atoms with Crippen LogP contribution >= 0.6 is 15.9 Å². The van der Waals surface area contributed by atoms with Crippen molar-refractivity contribution in [1.82, 2.24) is 5.32 Å². The Morgan fingerprint density at radius 1 is 1.11 bits per heavy atom. The second-order valence-corrected chi connectivity index (χ2v) is 5.60. The average molecular weight is 334 g/mol. The summed E-state index contributed by atoms with van der Waals surface area (Å²) in [5, 5.41) is 3.24. The smallest absolute Gasteiger partial charge is 0.137 e. The van der Waals surface area contributed by atoms with E-state index in [0.29, 0.717) is 5.56 Å². The highest BCUT2D eigenvalue weighted by Crippen LogP contribution is 2.27. The highest BCUT2D eigenvalue weighted by Gasteiger charge is 2.17. The van der Waals surface area contributed by atoms with Crippen molar-refractivity contribution in [3.8, 4) is 0 Å². The maximum absolute atomic E-state index is 13.9. The molecule has 0 aliphatic carbocycles. The van der Waals surface area contributed by atoms with E-state index in [0.717, 1.165) is 25.8 Å². The Hall–Kier alpha value is -0.480. The van der Waals surface area contributed by atoms with Crippen molar-refractivity contribution in [2.75, 3.05) is 6.54 Å². The third-order valence-corrected chi connectivity index (χ3v) is 3.82. The lowest BCUT2D eigenvalue weighted by molar-refractivity contribution is 0.456. The van der Waals surface area contributed by atoms with Crippen LogP contribution in [-0.4, -0.2) is 6.54 Å². The van der Waals surface area contributed by atoms with E-state index in [1.807, 2.05) is 6.92 Å². The van der Waals surface area contributed by atoms with E-state index in [4.69, 9.17) is 0 Å². The van der Waals surface area contributed by atoms with Crippen molar-refractivity contribution in [3.05, 3.63) is 33.8 Å². The van der Waals surface area contributed by atoms with Gasteiger partial charge in [-0.1, -0.05) is 39.5 Å². The zero-order valence-corrected chi connectivity index (χ0v) is 13.2. The minimum Gasteiger partial charge on any atom is -0.310 e. The molecule has 1 atom stereocenters. The molecule has 1 unspecified atom stereocenters. The second-order valence-electron chi connectivity index (χ2n) is 4.75. The first-order chi connectivity index (χ1) is 9.10. The van der Waals surface area contributed by atoms with E-state index >= 15 is 0 Å². The highest BCUT2D eigenvalue weighted by atomic mass is 79.9. The van der Waals surface area contributed by atoms with Gasteiger partial charge in [0.25, 0.3) is 0 Å². The summed E-state index contributed by atoms with van der Waals surface area (Å²) in [6, 6.07) is 2.40. The normalized spacial score (nSPS) is 12.7. The van der Waals surface area contributed by atoms with Crippen LogP contribution in [0.2, 0.25) is 0 Å². The SMILES string of the molecule is CCCCCCC(NCC)c1cc(F)c(Br)cc1F. The number of hydrogen-bond donors (Lipinski definition) is 1. The fourth-order valence-electron chi connectivity index (χ4n) is 2.19. The minimum absolute atomic E-state index is 0.107. The van der Waals surface area contributed by atoms with Crippen LogP contribution in [0.15, 0.2) is 16.6 Å². The van der Waals surface area contributed by atoms with Crippen LogP contribution < -0.4 is 5.32 Å². The highest BCUT2D eigenvalue weighted by molar-refractivity contribution is 9.10. The maximum Gasteiger partial charge on any atom is 0.137 e. The molecule has 1 rings (SSSR count). The Morgan fingerprint density at radius 2 is 1.84 bits per heavy atom. The average Bonchev–Trinajstić information content (AvgIpc) is 2.38. The number of nitrogens with one attached hydrogen (secondary N) is 1. The van der Waals surface area contributed by atoms with Crippen molar-refractivity contribution in [2.45, 2.75) is 52.0 Å². The van der Waals surface area contributed by atoms with Gasteiger partial charge in [0.2, 0.25) is 0 Å². The topological polar surface area (TPSA) is 12.0 Å².